The molecular weight excluding hydrogens is 190 g/mol. The molecular formula is C12H15NO2. The summed E-state index contributed by atoms with van der Waals surface area (Å²) in [6, 6.07) is 7.53. The summed E-state index contributed by atoms with van der Waals surface area (Å²) in [6.45, 7) is 5.88. The second-order valence-electron chi connectivity index (χ2n) is 4.02. The quantitative estimate of drug-likeness (QED) is 0.704. The van der Waals surface area contributed by atoms with Gasteiger partial charge in [-0.05, 0) is 32.9 Å². The number of carbonyl (C=O) groups excluding carboxylic acids is 1. The second-order valence-corrected chi connectivity index (χ2v) is 4.02. The molecule has 1 heterocycles. The van der Waals surface area contributed by atoms with Crippen LogP contribution < -0.4 is 4.74 Å². The van der Waals surface area contributed by atoms with Crippen molar-refractivity contribution in [1.29, 1.82) is 0 Å². The number of benzene rings is 1. The number of hydrogen-bond donors (Lipinski definition) is 0. The predicted molar refractivity (Wildman–Crippen MR) is 57.8 cm³/mol. The molecule has 3 nitrogen and oxygen atoms in total. The minimum atomic E-state index is -0.188. The second kappa shape index (κ2) is 3.57. The Morgan fingerprint density at radius 3 is 2.67 bits per heavy atom. The summed E-state index contributed by atoms with van der Waals surface area (Å²) in [5, 5.41) is 0. The van der Waals surface area contributed by atoms with Crippen LogP contribution in [-0.4, -0.2) is 23.1 Å². The molecule has 0 bridgehead atoms. The van der Waals surface area contributed by atoms with Gasteiger partial charge in [0.25, 0.3) is 5.91 Å². The van der Waals surface area contributed by atoms with Crippen LogP contribution in [-0.2, 0) is 0 Å². The molecule has 0 saturated carbocycles. The molecule has 1 aliphatic heterocycles. The molecule has 1 aromatic carbocycles. The summed E-state index contributed by atoms with van der Waals surface area (Å²) in [5.74, 6) is 0.742. The Hall–Kier alpha value is -1.51. The van der Waals surface area contributed by atoms with E-state index in [-0.39, 0.29) is 18.2 Å². The van der Waals surface area contributed by atoms with Crippen LogP contribution in [0.15, 0.2) is 24.3 Å². The molecule has 0 saturated heterocycles. The van der Waals surface area contributed by atoms with Crippen LogP contribution in [0.25, 0.3) is 0 Å². The topological polar surface area (TPSA) is 29.5 Å². The number of fused-ring (bicyclic) bond motifs is 1. The molecule has 15 heavy (non-hydrogen) atoms. The number of rotatable bonds is 1. The normalized spacial score (nSPS) is 20.1. The Balaban J connectivity index is 2.43. The lowest BCUT2D eigenvalue weighted by atomic mass is 10.1. The zero-order valence-electron chi connectivity index (χ0n) is 9.23. The summed E-state index contributed by atoms with van der Waals surface area (Å²) in [7, 11) is 0. The van der Waals surface area contributed by atoms with Gasteiger partial charge in [0.1, 0.15) is 5.75 Å². The minimum Gasteiger partial charge on any atom is -0.470 e. The largest absolute Gasteiger partial charge is 0.470 e. The minimum absolute atomic E-state index is 0.0550. The summed E-state index contributed by atoms with van der Waals surface area (Å²) in [4.78, 5) is 13.9. The van der Waals surface area contributed by atoms with E-state index in [9.17, 15) is 4.79 Å². The zero-order valence-corrected chi connectivity index (χ0v) is 9.23. The highest BCUT2D eigenvalue weighted by molar-refractivity contribution is 5.98. The van der Waals surface area contributed by atoms with Crippen molar-refractivity contribution in [2.75, 3.05) is 0 Å². The molecule has 1 amide bonds. The van der Waals surface area contributed by atoms with Crippen molar-refractivity contribution in [3.8, 4) is 5.75 Å². The number of para-hydroxylation sites is 1. The summed E-state index contributed by atoms with van der Waals surface area (Å²) < 4.78 is 5.68. The van der Waals surface area contributed by atoms with Gasteiger partial charge in [-0.25, -0.2) is 0 Å². The van der Waals surface area contributed by atoms with Crippen LogP contribution in [0, 0.1) is 0 Å². The smallest absolute Gasteiger partial charge is 0.260 e. The first-order valence-corrected chi connectivity index (χ1v) is 5.19. The van der Waals surface area contributed by atoms with E-state index in [1.807, 2.05) is 39.0 Å². The van der Waals surface area contributed by atoms with Gasteiger partial charge in [0, 0.05) is 6.04 Å². The highest BCUT2D eigenvalue weighted by atomic mass is 16.5. The van der Waals surface area contributed by atoms with Gasteiger partial charge in [0.15, 0.2) is 6.23 Å². The first-order valence-electron chi connectivity index (χ1n) is 5.19. The number of ether oxygens (including phenoxy) is 1. The van der Waals surface area contributed by atoms with Gasteiger partial charge >= 0.3 is 0 Å². The van der Waals surface area contributed by atoms with E-state index in [0.29, 0.717) is 11.3 Å². The SMILES string of the molecule is CC(C)N1C(=O)c2ccccc2O[C@@H]1C. The molecule has 0 spiro atoms. The lowest BCUT2D eigenvalue weighted by Crippen LogP contribution is -2.49. The molecule has 0 aliphatic carbocycles. The van der Waals surface area contributed by atoms with Crippen LogP contribution in [0.1, 0.15) is 31.1 Å². The van der Waals surface area contributed by atoms with Gasteiger partial charge in [-0.3, -0.25) is 4.79 Å². The van der Waals surface area contributed by atoms with Crippen molar-refractivity contribution >= 4 is 5.91 Å². The molecule has 0 N–H and O–H groups in total. The zero-order chi connectivity index (χ0) is 11.0. The molecule has 2 rings (SSSR count). The molecule has 1 aliphatic rings. The fraction of sp³-hybridized carbons (Fsp3) is 0.417. The Morgan fingerprint density at radius 2 is 2.00 bits per heavy atom. The Bertz CT molecular complexity index is 387. The van der Waals surface area contributed by atoms with Crippen molar-refractivity contribution in [2.45, 2.75) is 33.0 Å². The Kier molecular flexibility index (Phi) is 2.39. The van der Waals surface area contributed by atoms with Gasteiger partial charge in [-0.1, -0.05) is 12.1 Å². The van der Waals surface area contributed by atoms with Crippen LogP contribution >= 0.6 is 0 Å². The molecule has 0 radical (unpaired) electrons. The Labute approximate surface area is 89.7 Å². The third-order valence-corrected chi connectivity index (χ3v) is 2.60. The van der Waals surface area contributed by atoms with Gasteiger partial charge in [0.2, 0.25) is 0 Å². The third kappa shape index (κ3) is 1.58. The third-order valence-electron chi connectivity index (χ3n) is 2.60. The van der Waals surface area contributed by atoms with E-state index in [2.05, 4.69) is 0 Å². The lowest BCUT2D eigenvalue weighted by molar-refractivity contribution is 0.00556. The van der Waals surface area contributed by atoms with Crippen LogP contribution in [0.2, 0.25) is 0 Å². The average Bonchev–Trinajstić information content (AvgIpc) is 2.17. The van der Waals surface area contributed by atoms with E-state index in [1.165, 1.54) is 0 Å². The molecule has 0 fully saturated rings. The molecule has 0 unspecified atom stereocenters. The van der Waals surface area contributed by atoms with Gasteiger partial charge in [-0.15, -0.1) is 0 Å². The van der Waals surface area contributed by atoms with Gasteiger partial charge in [0.05, 0.1) is 5.56 Å². The standard InChI is InChI=1S/C12H15NO2/c1-8(2)13-9(3)15-11-7-5-4-6-10(11)12(13)14/h4-9H,1-3H3/t9-/m1/s1. The van der Waals surface area contributed by atoms with Crippen LogP contribution in [0.3, 0.4) is 0 Å². The van der Waals surface area contributed by atoms with Crippen molar-refractivity contribution in [3.05, 3.63) is 29.8 Å². The van der Waals surface area contributed by atoms with Crippen LogP contribution in [0.4, 0.5) is 0 Å². The lowest BCUT2D eigenvalue weighted by Gasteiger charge is -2.37. The molecule has 3 heteroatoms. The predicted octanol–water partition coefficient (Wildman–Crippen LogP) is 2.28. The number of carbonyl (C=O) groups is 1. The molecule has 1 aromatic rings. The fourth-order valence-electron chi connectivity index (χ4n) is 1.95. The maximum Gasteiger partial charge on any atom is 0.260 e. The van der Waals surface area contributed by atoms with Gasteiger partial charge < -0.3 is 9.64 Å². The summed E-state index contributed by atoms with van der Waals surface area (Å²) >= 11 is 0. The van der Waals surface area contributed by atoms with Crippen molar-refractivity contribution < 1.29 is 9.53 Å². The van der Waals surface area contributed by atoms with E-state index < -0.39 is 0 Å². The monoisotopic (exact) mass is 205 g/mol. The van der Waals surface area contributed by atoms with E-state index in [0.717, 1.165) is 0 Å². The number of nitrogens with zero attached hydrogens (tertiary/aromatic N) is 1. The average molecular weight is 205 g/mol. The van der Waals surface area contributed by atoms with E-state index in [1.54, 1.807) is 11.0 Å². The summed E-state index contributed by atoms with van der Waals surface area (Å²) in [6.07, 6.45) is -0.188. The van der Waals surface area contributed by atoms with E-state index in [4.69, 9.17) is 4.74 Å². The molecule has 80 valence electrons. The highest BCUT2D eigenvalue weighted by Gasteiger charge is 2.32. The van der Waals surface area contributed by atoms with Crippen LogP contribution in [0.5, 0.6) is 5.75 Å². The van der Waals surface area contributed by atoms with Crippen molar-refractivity contribution in [2.24, 2.45) is 0 Å². The van der Waals surface area contributed by atoms with Crippen molar-refractivity contribution in [1.82, 2.24) is 4.90 Å². The van der Waals surface area contributed by atoms with E-state index >= 15 is 0 Å². The molecule has 1 atom stereocenters. The summed E-state index contributed by atoms with van der Waals surface area (Å²) in [5.41, 5.74) is 0.657. The van der Waals surface area contributed by atoms with Crippen molar-refractivity contribution in [3.63, 3.8) is 0 Å². The maximum absolute atomic E-state index is 12.1. The fourth-order valence-corrected chi connectivity index (χ4v) is 1.95. The Morgan fingerprint density at radius 1 is 1.33 bits per heavy atom. The number of amides is 1. The first-order chi connectivity index (χ1) is 7.11. The maximum atomic E-state index is 12.1. The van der Waals surface area contributed by atoms with Gasteiger partial charge in [-0.2, -0.15) is 0 Å². The number of hydrogen-bond acceptors (Lipinski definition) is 2. The highest BCUT2D eigenvalue weighted by Crippen LogP contribution is 2.28. The first kappa shape index (κ1) is 10.0. The molecule has 0 aromatic heterocycles.